The standard InChI is InChI=1S/C35H46ClN5O4/c1-25-6-7-26(22-31(25)36)24-45-34(44)41-20-13-30(40-19-12-29-4-2-3-5-32(29)38-33(40)43)23-35(41,14-21-42)39-17-10-28(11-18-39)27-8-15-37-16-9-27/h2-7,21-22,27-28,30,37H,8-20,23-24H2,1H3,(H,38,43)/t30-,35+/m1/s1. The van der Waals surface area contributed by atoms with Gasteiger partial charge in [-0.1, -0.05) is 41.9 Å². The molecule has 9 nitrogen and oxygen atoms in total. The second kappa shape index (κ2) is 14.1. The molecule has 4 heterocycles. The van der Waals surface area contributed by atoms with Crippen LogP contribution in [-0.2, 0) is 22.6 Å². The predicted octanol–water partition coefficient (Wildman–Crippen LogP) is 5.84. The van der Waals surface area contributed by atoms with Crippen molar-refractivity contribution in [3.8, 4) is 0 Å². The van der Waals surface area contributed by atoms with Gasteiger partial charge in [-0.2, -0.15) is 0 Å². The first-order chi connectivity index (χ1) is 21.9. The average molecular weight is 636 g/mol. The maximum atomic E-state index is 13.9. The van der Waals surface area contributed by atoms with Gasteiger partial charge in [-0.15, -0.1) is 0 Å². The van der Waals surface area contributed by atoms with Crippen LogP contribution in [0.1, 0.15) is 61.6 Å². The molecular formula is C35H46ClN5O4. The van der Waals surface area contributed by atoms with E-state index < -0.39 is 11.8 Å². The van der Waals surface area contributed by atoms with Crippen LogP contribution in [0.2, 0.25) is 5.02 Å². The van der Waals surface area contributed by atoms with E-state index in [-0.39, 0.29) is 25.1 Å². The number of benzene rings is 2. The lowest BCUT2D eigenvalue weighted by Crippen LogP contribution is -2.69. The van der Waals surface area contributed by atoms with E-state index >= 15 is 0 Å². The third-order valence-electron chi connectivity index (χ3n) is 10.7. The molecule has 3 saturated heterocycles. The fourth-order valence-corrected chi connectivity index (χ4v) is 8.35. The number of amides is 3. The molecule has 0 bridgehead atoms. The van der Waals surface area contributed by atoms with Gasteiger partial charge in [0.15, 0.2) is 0 Å². The molecule has 3 amide bonds. The number of halogens is 1. The van der Waals surface area contributed by atoms with Crippen molar-refractivity contribution in [1.82, 2.24) is 20.0 Å². The first-order valence-corrected chi connectivity index (χ1v) is 17.0. The molecule has 2 aromatic carbocycles. The van der Waals surface area contributed by atoms with Gasteiger partial charge in [-0.05, 0) is 99.2 Å². The number of anilines is 1. The average Bonchev–Trinajstić information content (AvgIpc) is 3.23. The quantitative estimate of drug-likeness (QED) is 0.372. The Bertz CT molecular complexity index is 1380. The van der Waals surface area contributed by atoms with Crippen LogP contribution in [0.5, 0.6) is 0 Å². The van der Waals surface area contributed by atoms with Crippen molar-refractivity contribution in [2.24, 2.45) is 11.8 Å². The number of ether oxygens (including phenoxy) is 1. The van der Waals surface area contributed by atoms with Crippen LogP contribution in [-0.4, -0.2) is 84.1 Å². The van der Waals surface area contributed by atoms with Crippen molar-refractivity contribution in [1.29, 1.82) is 0 Å². The highest BCUT2D eigenvalue weighted by molar-refractivity contribution is 6.31. The molecule has 0 aliphatic carbocycles. The number of nitrogens with one attached hydrogen (secondary N) is 2. The summed E-state index contributed by atoms with van der Waals surface area (Å²) in [5.41, 5.74) is 2.88. The van der Waals surface area contributed by atoms with Gasteiger partial charge in [-0.25, -0.2) is 9.59 Å². The molecule has 2 N–H and O–H groups in total. The Hall–Kier alpha value is -3.14. The van der Waals surface area contributed by atoms with E-state index in [0.29, 0.717) is 36.9 Å². The van der Waals surface area contributed by atoms with Crippen molar-refractivity contribution in [3.05, 3.63) is 64.2 Å². The van der Waals surface area contributed by atoms with Crippen molar-refractivity contribution in [2.75, 3.05) is 44.6 Å². The van der Waals surface area contributed by atoms with Gasteiger partial charge in [0.2, 0.25) is 0 Å². The van der Waals surface area contributed by atoms with Crippen molar-refractivity contribution in [2.45, 2.75) is 76.6 Å². The van der Waals surface area contributed by atoms with Gasteiger partial charge in [0.1, 0.15) is 18.6 Å². The molecule has 2 atom stereocenters. The van der Waals surface area contributed by atoms with E-state index in [1.807, 2.05) is 48.2 Å². The Morgan fingerprint density at radius 3 is 2.53 bits per heavy atom. The first kappa shape index (κ1) is 31.8. The van der Waals surface area contributed by atoms with Gasteiger partial charge in [-0.3, -0.25) is 9.80 Å². The number of piperidine rings is 3. The van der Waals surface area contributed by atoms with Gasteiger partial charge >= 0.3 is 12.1 Å². The van der Waals surface area contributed by atoms with Crippen LogP contribution in [0.4, 0.5) is 15.3 Å². The predicted molar refractivity (Wildman–Crippen MR) is 175 cm³/mol. The zero-order valence-corrected chi connectivity index (χ0v) is 27.1. The highest BCUT2D eigenvalue weighted by atomic mass is 35.5. The van der Waals surface area contributed by atoms with E-state index in [1.54, 1.807) is 4.90 Å². The molecule has 4 aliphatic rings. The minimum absolute atomic E-state index is 0.0977. The first-order valence-electron chi connectivity index (χ1n) is 16.6. The number of nitrogens with zero attached hydrogens (tertiary/aromatic N) is 3. The lowest BCUT2D eigenvalue weighted by Gasteiger charge is -2.56. The summed E-state index contributed by atoms with van der Waals surface area (Å²) in [6.07, 6.45) is 7.04. The molecule has 0 radical (unpaired) electrons. The lowest BCUT2D eigenvalue weighted by atomic mass is 9.77. The Balaban J connectivity index is 1.24. The Morgan fingerprint density at radius 1 is 1.02 bits per heavy atom. The number of aldehydes is 1. The summed E-state index contributed by atoms with van der Waals surface area (Å²) in [5.74, 6) is 1.37. The Labute approximate surface area is 271 Å². The summed E-state index contributed by atoms with van der Waals surface area (Å²) in [5, 5.41) is 7.23. The molecule has 6 rings (SSSR count). The molecule has 0 spiro atoms. The molecular weight excluding hydrogens is 590 g/mol. The van der Waals surface area contributed by atoms with E-state index in [1.165, 1.54) is 12.8 Å². The monoisotopic (exact) mass is 635 g/mol. The van der Waals surface area contributed by atoms with E-state index in [9.17, 15) is 14.4 Å². The number of likely N-dealkylation sites (tertiary alicyclic amines) is 2. The number of aryl methyl sites for hydroxylation is 1. The number of carbonyl (C=O) groups excluding carboxylic acids is 3. The maximum Gasteiger partial charge on any atom is 0.411 e. The second-order valence-corrected chi connectivity index (χ2v) is 13.6. The molecule has 0 unspecified atom stereocenters. The summed E-state index contributed by atoms with van der Waals surface area (Å²) in [7, 11) is 0. The van der Waals surface area contributed by atoms with Crippen LogP contribution in [0, 0.1) is 18.8 Å². The van der Waals surface area contributed by atoms with Gasteiger partial charge in [0.25, 0.3) is 0 Å². The van der Waals surface area contributed by atoms with Gasteiger partial charge < -0.3 is 25.1 Å². The molecule has 4 aliphatic heterocycles. The van der Waals surface area contributed by atoms with Crippen LogP contribution >= 0.6 is 11.6 Å². The molecule has 3 fully saturated rings. The third kappa shape index (κ3) is 6.86. The fourth-order valence-electron chi connectivity index (χ4n) is 8.15. The summed E-state index contributed by atoms with van der Waals surface area (Å²) in [6.45, 7) is 6.80. The Kier molecular flexibility index (Phi) is 9.97. The summed E-state index contributed by atoms with van der Waals surface area (Å²) in [6, 6.07) is 13.4. The fraction of sp³-hybridized carbons (Fsp3) is 0.571. The normalized spacial score (nSPS) is 25.3. The smallest absolute Gasteiger partial charge is 0.411 e. The maximum absolute atomic E-state index is 13.9. The lowest BCUT2D eigenvalue weighted by molar-refractivity contribution is -0.128. The zero-order valence-electron chi connectivity index (χ0n) is 26.3. The molecule has 2 aromatic rings. The SMILES string of the molecule is Cc1ccc(COC(=O)N2CC[C@@H](N3CCc4ccccc4NC3=O)C[C@@]2(CC=O)N2CCC(C3CCNCC3)CC2)cc1Cl. The summed E-state index contributed by atoms with van der Waals surface area (Å²) >= 11 is 6.34. The molecule has 242 valence electrons. The number of hydrogen-bond donors (Lipinski definition) is 2. The van der Waals surface area contributed by atoms with Gasteiger partial charge in [0, 0.05) is 55.8 Å². The van der Waals surface area contributed by atoms with Crippen LogP contribution in [0.25, 0.3) is 0 Å². The van der Waals surface area contributed by atoms with Crippen molar-refractivity contribution in [3.63, 3.8) is 0 Å². The van der Waals surface area contributed by atoms with Crippen LogP contribution < -0.4 is 10.6 Å². The molecule has 0 saturated carbocycles. The molecule has 10 heteroatoms. The van der Waals surface area contributed by atoms with E-state index in [4.69, 9.17) is 16.3 Å². The third-order valence-corrected chi connectivity index (χ3v) is 11.1. The second-order valence-electron chi connectivity index (χ2n) is 13.2. The number of fused-ring (bicyclic) bond motifs is 1. The minimum atomic E-state index is -0.870. The number of para-hydroxylation sites is 1. The summed E-state index contributed by atoms with van der Waals surface area (Å²) in [4.78, 5) is 46.1. The molecule has 0 aromatic heterocycles. The number of urea groups is 1. The number of carbonyl (C=O) groups is 3. The van der Waals surface area contributed by atoms with E-state index in [2.05, 4.69) is 21.6 Å². The highest BCUT2D eigenvalue weighted by Crippen LogP contribution is 2.41. The summed E-state index contributed by atoms with van der Waals surface area (Å²) < 4.78 is 5.92. The van der Waals surface area contributed by atoms with Crippen LogP contribution in [0.15, 0.2) is 42.5 Å². The van der Waals surface area contributed by atoms with Crippen LogP contribution in [0.3, 0.4) is 0 Å². The zero-order chi connectivity index (χ0) is 31.4. The topological polar surface area (TPSA) is 94.2 Å². The highest BCUT2D eigenvalue weighted by Gasteiger charge is 2.52. The van der Waals surface area contributed by atoms with Crippen molar-refractivity contribution < 1.29 is 19.1 Å². The molecule has 45 heavy (non-hydrogen) atoms. The van der Waals surface area contributed by atoms with Gasteiger partial charge in [0.05, 0.1) is 0 Å². The number of rotatable bonds is 7. The van der Waals surface area contributed by atoms with E-state index in [0.717, 1.165) is 80.0 Å². The largest absolute Gasteiger partial charge is 0.444 e. The Morgan fingerprint density at radius 2 is 1.78 bits per heavy atom. The van der Waals surface area contributed by atoms with Crippen molar-refractivity contribution >= 4 is 35.7 Å². The minimum Gasteiger partial charge on any atom is -0.444 e. The number of hydrogen-bond acceptors (Lipinski definition) is 6.